The minimum atomic E-state index is -4.20. The van der Waals surface area contributed by atoms with Gasteiger partial charge in [-0.1, -0.05) is 0 Å². The fourth-order valence-corrected chi connectivity index (χ4v) is 3.88. The van der Waals surface area contributed by atoms with Gasteiger partial charge in [0.1, 0.15) is 11.9 Å². The number of ether oxygens (including phenoxy) is 1. The van der Waals surface area contributed by atoms with Crippen molar-refractivity contribution in [3.05, 3.63) is 23.9 Å². The molecule has 0 saturated carbocycles. The zero-order valence-corrected chi connectivity index (χ0v) is 18.5. The van der Waals surface area contributed by atoms with Crippen molar-refractivity contribution < 1.29 is 17.9 Å². The number of nitrogens with one attached hydrogen (secondary N) is 1. The quantitative estimate of drug-likeness (QED) is 0.558. The van der Waals surface area contributed by atoms with Crippen molar-refractivity contribution in [3.63, 3.8) is 0 Å². The highest BCUT2D eigenvalue weighted by atomic mass is 19.4. The number of pyridine rings is 1. The van der Waals surface area contributed by atoms with E-state index in [0.29, 0.717) is 45.9 Å². The smallest absolute Gasteiger partial charge is 0.375 e. The number of piperazine rings is 1. The molecule has 7 nitrogen and oxygen atoms in total. The van der Waals surface area contributed by atoms with Crippen LogP contribution in [-0.4, -0.2) is 91.5 Å². The number of morpholine rings is 1. The van der Waals surface area contributed by atoms with Gasteiger partial charge in [-0.15, -0.1) is 0 Å². The number of halogens is 3. The van der Waals surface area contributed by atoms with E-state index in [9.17, 15) is 13.2 Å². The molecule has 0 radical (unpaired) electrons. The highest BCUT2D eigenvalue weighted by molar-refractivity contribution is 5.80. The number of anilines is 1. The second kappa shape index (κ2) is 10.5. The maximum atomic E-state index is 13.0. The Morgan fingerprint density at radius 1 is 1.29 bits per heavy atom. The molecule has 2 unspecified atom stereocenters. The molecule has 2 aliphatic rings. The number of guanidine groups is 1. The molecular formula is C21H33F3N6O. The highest BCUT2D eigenvalue weighted by Gasteiger charge is 2.41. The van der Waals surface area contributed by atoms with Crippen LogP contribution in [0, 0.1) is 0 Å². The van der Waals surface area contributed by atoms with Gasteiger partial charge in [0.25, 0.3) is 0 Å². The first kappa shape index (κ1) is 23.6. The van der Waals surface area contributed by atoms with Crippen LogP contribution < -0.4 is 10.2 Å². The van der Waals surface area contributed by atoms with Crippen molar-refractivity contribution in [2.45, 2.75) is 45.6 Å². The van der Waals surface area contributed by atoms with E-state index in [2.05, 4.69) is 22.1 Å². The van der Waals surface area contributed by atoms with Gasteiger partial charge in [-0.25, -0.2) is 9.98 Å². The number of rotatable bonds is 5. The summed E-state index contributed by atoms with van der Waals surface area (Å²) in [6, 6.07) is 2.57. The molecule has 31 heavy (non-hydrogen) atoms. The summed E-state index contributed by atoms with van der Waals surface area (Å²) in [5.74, 6) is 1.66. The molecule has 0 aliphatic carbocycles. The second-order valence-electron chi connectivity index (χ2n) is 8.06. The van der Waals surface area contributed by atoms with Gasteiger partial charge in [0.15, 0.2) is 5.96 Å². The Labute approximate surface area is 182 Å². The van der Waals surface area contributed by atoms with Crippen LogP contribution in [0.25, 0.3) is 0 Å². The molecule has 2 aliphatic heterocycles. The fraction of sp³-hybridized carbons (Fsp3) is 0.714. The normalized spacial score (nSPS) is 22.5. The maximum Gasteiger partial charge on any atom is 0.403 e. The Balaban J connectivity index is 1.62. The average molecular weight is 443 g/mol. The van der Waals surface area contributed by atoms with E-state index in [4.69, 9.17) is 9.73 Å². The monoisotopic (exact) mass is 442 g/mol. The molecular weight excluding hydrogens is 409 g/mol. The molecule has 1 aromatic rings. The summed E-state index contributed by atoms with van der Waals surface area (Å²) in [5, 5.41) is 3.27. The van der Waals surface area contributed by atoms with Crippen LogP contribution in [0.2, 0.25) is 0 Å². The van der Waals surface area contributed by atoms with E-state index in [-0.39, 0.29) is 6.10 Å². The fourth-order valence-electron chi connectivity index (χ4n) is 3.88. The topological polar surface area (TPSA) is 56.2 Å². The lowest BCUT2D eigenvalue weighted by atomic mass is 10.2. The summed E-state index contributed by atoms with van der Waals surface area (Å²) in [7, 11) is 0. The van der Waals surface area contributed by atoms with E-state index in [1.807, 2.05) is 24.0 Å². The van der Waals surface area contributed by atoms with E-state index in [1.165, 1.54) is 11.8 Å². The summed E-state index contributed by atoms with van der Waals surface area (Å²) >= 11 is 0. The molecule has 0 amide bonds. The minimum absolute atomic E-state index is 0.177. The summed E-state index contributed by atoms with van der Waals surface area (Å²) in [6.07, 6.45) is -2.22. The first-order chi connectivity index (χ1) is 14.8. The first-order valence-electron chi connectivity index (χ1n) is 10.9. The third kappa shape index (κ3) is 6.46. The molecule has 3 rings (SSSR count). The maximum absolute atomic E-state index is 13.0. The lowest BCUT2D eigenvalue weighted by Crippen LogP contribution is -2.56. The standard InChI is InChI=1S/C21H33F3N6O/c1-4-25-20(29-9-7-28(8-10-29)17(3)21(22,23)24)27-14-18-5-6-26-19(13-18)30-11-12-31-16(2)15-30/h5-6,13,16-17H,4,7-12,14-15H2,1-3H3,(H,25,27). The van der Waals surface area contributed by atoms with Crippen LogP contribution in [0.4, 0.5) is 19.0 Å². The van der Waals surface area contributed by atoms with E-state index < -0.39 is 12.2 Å². The highest BCUT2D eigenvalue weighted by Crippen LogP contribution is 2.25. The molecule has 2 fully saturated rings. The Bertz CT molecular complexity index is 736. The van der Waals surface area contributed by atoms with Crippen LogP contribution in [0.1, 0.15) is 26.3 Å². The second-order valence-corrected chi connectivity index (χ2v) is 8.06. The lowest BCUT2D eigenvalue weighted by Gasteiger charge is -2.39. The van der Waals surface area contributed by atoms with E-state index in [0.717, 1.165) is 30.4 Å². The van der Waals surface area contributed by atoms with Crippen molar-refractivity contribution in [1.82, 2.24) is 20.1 Å². The molecule has 0 spiro atoms. The third-order valence-electron chi connectivity index (χ3n) is 5.76. The van der Waals surface area contributed by atoms with Crippen molar-refractivity contribution >= 4 is 11.8 Å². The van der Waals surface area contributed by atoms with Crippen LogP contribution in [0.5, 0.6) is 0 Å². The molecule has 1 aromatic heterocycles. The summed E-state index contributed by atoms with van der Waals surface area (Å²) in [6.45, 7) is 10.5. The average Bonchev–Trinajstić information content (AvgIpc) is 2.76. The number of aromatic nitrogens is 1. The van der Waals surface area contributed by atoms with Crippen LogP contribution in [0.15, 0.2) is 23.3 Å². The summed E-state index contributed by atoms with van der Waals surface area (Å²) in [5.41, 5.74) is 1.05. The predicted molar refractivity (Wildman–Crippen MR) is 115 cm³/mol. The van der Waals surface area contributed by atoms with Gasteiger partial charge in [-0.05, 0) is 38.5 Å². The number of alkyl halides is 3. The Morgan fingerprint density at radius 3 is 2.68 bits per heavy atom. The van der Waals surface area contributed by atoms with Gasteiger partial charge in [-0.2, -0.15) is 13.2 Å². The number of nitrogens with zero attached hydrogens (tertiary/aromatic N) is 5. The van der Waals surface area contributed by atoms with E-state index in [1.54, 1.807) is 6.20 Å². The summed E-state index contributed by atoms with van der Waals surface area (Å²) in [4.78, 5) is 15.0. The number of hydrogen-bond acceptors (Lipinski definition) is 5. The van der Waals surface area contributed by atoms with Gasteiger partial charge >= 0.3 is 6.18 Å². The van der Waals surface area contributed by atoms with Crippen molar-refractivity contribution in [2.24, 2.45) is 4.99 Å². The van der Waals surface area contributed by atoms with Crippen molar-refractivity contribution in [3.8, 4) is 0 Å². The first-order valence-corrected chi connectivity index (χ1v) is 10.9. The minimum Gasteiger partial charge on any atom is -0.375 e. The Morgan fingerprint density at radius 2 is 2.03 bits per heavy atom. The van der Waals surface area contributed by atoms with Crippen LogP contribution in [-0.2, 0) is 11.3 Å². The number of hydrogen-bond donors (Lipinski definition) is 1. The van der Waals surface area contributed by atoms with Crippen LogP contribution >= 0.6 is 0 Å². The van der Waals surface area contributed by atoms with Gasteiger partial charge < -0.3 is 19.9 Å². The molecule has 3 heterocycles. The van der Waals surface area contributed by atoms with Gasteiger partial charge in [0.05, 0.1) is 19.3 Å². The van der Waals surface area contributed by atoms with Gasteiger partial charge in [-0.3, -0.25) is 4.90 Å². The molecule has 10 heteroatoms. The molecule has 2 saturated heterocycles. The van der Waals surface area contributed by atoms with Crippen molar-refractivity contribution in [1.29, 1.82) is 0 Å². The van der Waals surface area contributed by atoms with E-state index >= 15 is 0 Å². The summed E-state index contributed by atoms with van der Waals surface area (Å²) < 4.78 is 44.6. The molecule has 174 valence electrons. The predicted octanol–water partition coefficient (Wildman–Crippen LogP) is 2.34. The Kier molecular flexibility index (Phi) is 7.99. The zero-order valence-electron chi connectivity index (χ0n) is 18.5. The zero-order chi connectivity index (χ0) is 22.4. The number of aliphatic imine (C=N–C) groups is 1. The third-order valence-corrected chi connectivity index (χ3v) is 5.76. The molecule has 0 aromatic carbocycles. The van der Waals surface area contributed by atoms with Gasteiger partial charge in [0.2, 0.25) is 0 Å². The largest absolute Gasteiger partial charge is 0.403 e. The molecule has 2 atom stereocenters. The van der Waals surface area contributed by atoms with Crippen LogP contribution in [0.3, 0.4) is 0 Å². The molecule has 0 bridgehead atoms. The molecule has 1 N–H and O–H groups in total. The Hall–Kier alpha value is -2.07. The lowest BCUT2D eigenvalue weighted by molar-refractivity contribution is -0.181. The van der Waals surface area contributed by atoms with Crippen molar-refractivity contribution in [2.75, 3.05) is 57.3 Å². The van der Waals surface area contributed by atoms with Gasteiger partial charge in [0, 0.05) is 52.0 Å². The SMILES string of the molecule is CCNC(=NCc1ccnc(N2CCOC(C)C2)c1)N1CCN(C(C)C(F)(F)F)CC1.